The van der Waals surface area contributed by atoms with Crippen molar-refractivity contribution in [3.05, 3.63) is 82.2 Å². The summed E-state index contributed by atoms with van der Waals surface area (Å²) in [6.45, 7) is 2.18. The lowest BCUT2D eigenvalue weighted by molar-refractivity contribution is -0.113. The molecule has 0 fully saturated rings. The van der Waals surface area contributed by atoms with E-state index < -0.39 is 27.5 Å². The Balaban J connectivity index is 1.54. The summed E-state index contributed by atoms with van der Waals surface area (Å²) >= 11 is 1.30. The van der Waals surface area contributed by atoms with Crippen molar-refractivity contribution in [3.8, 4) is 0 Å². The molecule has 9 heteroatoms. The van der Waals surface area contributed by atoms with Gasteiger partial charge in [0.2, 0.25) is 5.91 Å². The fraction of sp³-hybridized carbons (Fsp3) is 0.250. The summed E-state index contributed by atoms with van der Waals surface area (Å²) in [7, 11) is -2.50. The molecule has 0 atom stereocenters. The van der Waals surface area contributed by atoms with Crippen molar-refractivity contribution in [1.29, 1.82) is 0 Å². The Kier molecular flexibility index (Phi) is 6.92. The van der Waals surface area contributed by atoms with Crippen LogP contribution in [0.1, 0.15) is 26.4 Å². The average molecular weight is 485 g/mol. The van der Waals surface area contributed by atoms with Crippen molar-refractivity contribution in [3.63, 3.8) is 0 Å². The molecule has 0 saturated carbocycles. The highest BCUT2D eigenvalue weighted by Gasteiger charge is 2.30. The van der Waals surface area contributed by atoms with E-state index in [9.17, 15) is 18.0 Å². The lowest BCUT2D eigenvalue weighted by Gasteiger charge is -2.27. The van der Waals surface area contributed by atoms with Crippen molar-refractivity contribution in [2.75, 3.05) is 24.7 Å². The van der Waals surface area contributed by atoms with Gasteiger partial charge in [-0.1, -0.05) is 48.5 Å². The first-order chi connectivity index (χ1) is 15.9. The number of esters is 1. The number of benzene rings is 2. The van der Waals surface area contributed by atoms with Crippen LogP contribution in [0.4, 0.5) is 5.00 Å². The first kappa shape index (κ1) is 23.2. The van der Waals surface area contributed by atoms with Crippen LogP contribution in [0.25, 0.3) is 0 Å². The molecule has 7 nitrogen and oxygen atoms in total. The van der Waals surface area contributed by atoms with Crippen LogP contribution >= 0.6 is 11.3 Å². The summed E-state index contributed by atoms with van der Waals surface area (Å²) in [5, 5.41) is 2.99. The van der Waals surface area contributed by atoms with Crippen LogP contribution in [0.15, 0.2) is 65.6 Å². The van der Waals surface area contributed by atoms with Gasteiger partial charge in [0.1, 0.15) is 10.8 Å². The summed E-state index contributed by atoms with van der Waals surface area (Å²) in [6, 6.07) is 18.0. The summed E-state index contributed by atoms with van der Waals surface area (Å²) in [5.41, 5.74) is 2.38. The van der Waals surface area contributed by atoms with E-state index in [4.69, 9.17) is 4.74 Å². The number of nitrogens with zero attached hydrogens (tertiary/aromatic N) is 1. The highest BCUT2D eigenvalue weighted by atomic mass is 32.2. The minimum atomic E-state index is -3.80. The minimum absolute atomic E-state index is 0.0790. The molecule has 1 amide bonds. The molecule has 33 heavy (non-hydrogen) atoms. The zero-order chi connectivity index (χ0) is 23.4. The number of anilines is 1. The molecular formula is C24H24N2O5S2. The number of methoxy groups -OCH3 is 1. The number of thiophene rings is 1. The number of carbonyl (C=O) groups is 2. The van der Waals surface area contributed by atoms with Gasteiger partial charge < -0.3 is 10.1 Å². The van der Waals surface area contributed by atoms with Gasteiger partial charge in [0, 0.05) is 24.5 Å². The summed E-state index contributed by atoms with van der Waals surface area (Å²) in [6.07, 6.45) is 0.640. The summed E-state index contributed by atoms with van der Waals surface area (Å²) < 4.78 is 30.1. The Morgan fingerprint density at radius 2 is 1.73 bits per heavy atom. The van der Waals surface area contributed by atoms with Gasteiger partial charge in [-0.2, -0.15) is 0 Å². The maximum atomic E-state index is 12.6. The number of sulfone groups is 1. The minimum Gasteiger partial charge on any atom is -0.465 e. The monoisotopic (exact) mass is 484 g/mol. The SMILES string of the molecule is COC(=O)c1c(NC(=O)CS(=O)(=O)c2ccccc2)sc2c1CCN(Cc1ccccc1)C2. The quantitative estimate of drug-likeness (QED) is 0.516. The lowest BCUT2D eigenvalue weighted by Crippen LogP contribution is -2.29. The molecule has 0 aliphatic carbocycles. The van der Waals surface area contributed by atoms with E-state index in [2.05, 4.69) is 22.3 Å². The van der Waals surface area contributed by atoms with E-state index in [0.29, 0.717) is 23.5 Å². The fourth-order valence-corrected chi connectivity index (χ4v) is 6.34. The van der Waals surface area contributed by atoms with Crippen LogP contribution in [0.5, 0.6) is 0 Å². The molecule has 2 aromatic carbocycles. The van der Waals surface area contributed by atoms with Gasteiger partial charge in [-0.25, -0.2) is 13.2 Å². The number of hydrogen-bond donors (Lipinski definition) is 1. The molecule has 0 bridgehead atoms. The number of ether oxygens (including phenoxy) is 1. The van der Waals surface area contributed by atoms with Crippen LogP contribution in [0, 0.1) is 0 Å². The molecule has 3 aromatic rings. The van der Waals surface area contributed by atoms with Gasteiger partial charge >= 0.3 is 5.97 Å². The number of hydrogen-bond acceptors (Lipinski definition) is 7. The second kappa shape index (κ2) is 9.86. The third-order valence-corrected chi connectivity index (χ3v) is 8.22. The number of amides is 1. The maximum Gasteiger partial charge on any atom is 0.341 e. The van der Waals surface area contributed by atoms with E-state index in [1.807, 2.05) is 18.2 Å². The standard InChI is InChI=1S/C24H24N2O5S2/c1-31-24(28)22-19-12-13-26(14-17-8-4-2-5-9-17)15-20(19)32-23(22)25-21(27)16-33(29,30)18-10-6-3-7-11-18/h2-11H,12-16H2,1H3,(H,25,27). The van der Waals surface area contributed by atoms with Gasteiger partial charge in [0.05, 0.1) is 17.6 Å². The molecule has 2 heterocycles. The van der Waals surface area contributed by atoms with Gasteiger partial charge in [0.15, 0.2) is 9.84 Å². The van der Waals surface area contributed by atoms with Gasteiger partial charge in [-0.15, -0.1) is 11.3 Å². The fourth-order valence-electron chi connectivity index (χ4n) is 3.89. The Labute approximate surface area is 196 Å². The van der Waals surface area contributed by atoms with Crippen molar-refractivity contribution in [2.24, 2.45) is 0 Å². The maximum absolute atomic E-state index is 12.6. The van der Waals surface area contributed by atoms with E-state index in [1.165, 1.54) is 36.1 Å². The highest BCUT2D eigenvalue weighted by molar-refractivity contribution is 7.92. The lowest BCUT2D eigenvalue weighted by atomic mass is 10.0. The molecule has 0 saturated heterocycles. The van der Waals surface area contributed by atoms with Crippen molar-refractivity contribution >= 4 is 38.1 Å². The van der Waals surface area contributed by atoms with Gasteiger partial charge in [-0.3, -0.25) is 9.69 Å². The normalized spacial score (nSPS) is 13.8. The van der Waals surface area contributed by atoms with Gasteiger partial charge in [-0.05, 0) is 29.7 Å². The number of rotatable bonds is 7. The van der Waals surface area contributed by atoms with Crippen LogP contribution in [0.2, 0.25) is 0 Å². The predicted molar refractivity (Wildman–Crippen MR) is 127 cm³/mol. The Morgan fingerprint density at radius 1 is 1.06 bits per heavy atom. The largest absolute Gasteiger partial charge is 0.465 e. The molecule has 0 unspecified atom stereocenters. The van der Waals surface area contributed by atoms with Crippen LogP contribution < -0.4 is 5.32 Å². The van der Waals surface area contributed by atoms with Crippen molar-refractivity contribution in [1.82, 2.24) is 4.90 Å². The number of fused-ring (bicyclic) bond motifs is 1. The molecule has 1 aliphatic rings. The Hall–Kier alpha value is -3.01. The Morgan fingerprint density at radius 3 is 2.39 bits per heavy atom. The van der Waals surface area contributed by atoms with Crippen molar-refractivity contribution < 1.29 is 22.7 Å². The molecular weight excluding hydrogens is 460 g/mol. The summed E-state index contributed by atoms with van der Waals surface area (Å²) in [4.78, 5) is 28.5. The smallest absolute Gasteiger partial charge is 0.341 e. The molecule has 1 aromatic heterocycles. The Bertz CT molecular complexity index is 1250. The zero-order valence-corrected chi connectivity index (χ0v) is 19.7. The highest BCUT2D eigenvalue weighted by Crippen LogP contribution is 2.38. The zero-order valence-electron chi connectivity index (χ0n) is 18.1. The first-order valence-electron chi connectivity index (χ1n) is 10.4. The second-order valence-corrected chi connectivity index (χ2v) is 10.9. The number of carbonyl (C=O) groups excluding carboxylic acids is 2. The summed E-state index contributed by atoms with van der Waals surface area (Å²) in [5.74, 6) is -1.94. The van der Waals surface area contributed by atoms with Crippen LogP contribution in [-0.2, 0) is 38.9 Å². The second-order valence-electron chi connectivity index (χ2n) is 7.77. The van der Waals surface area contributed by atoms with E-state index in [1.54, 1.807) is 18.2 Å². The predicted octanol–water partition coefficient (Wildman–Crippen LogP) is 3.51. The average Bonchev–Trinajstić information content (AvgIpc) is 3.16. The molecule has 0 spiro atoms. The molecule has 1 aliphatic heterocycles. The first-order valence-corrected chi connectivity index (χ1v) is 12.9. The van der Waals surface area contributed by atoms with E-state index in [-0.39, 0.29) is 4.90 Å². The molecule has 4 rings (SSSR count). The van der Waals surface area contributed by atoms with Crippen LogP contribution in [-0.4, -0.2) is 44.6 Å². The molecule has 1 N–H and O–H groups in total. The third kappa shape index (κ3) is 5.32. The van der Waals surface area contributed by atoms with Crippen molar-refractivity contribution in [2.45, 2.75) is 24.4 Å². The number of nitrogens with one attached hydrogen (secondary N) is 1. The molecule has 0 radical (unpaired) electrons. The van der Waals surface area contributed by atoms with Gasteiger partial charge in [0.25, 0.3) is 0 Å². The topological polar surface area (TPSA) is 92.8 Å². The van der Waals surface area contributed by atoms with Crippen LogP contribution in [0.3, 0.4) is 0 Å². The van der Waals surface area contributed by atoms with E-state index in [0.717, 1.165) is 23.5 Å². The van der Waals surface area contributed by atoms with E-state index >= 15 is 0 Å². The third-order valence-electron chi connectivity index (χ3n) is 5.45. The molecule has 172 valence electrons.